The first-order chi connectivity index (χ1) is 15.4. The Morgan fingerprint density at radius 2 is 2.00 bits per heavy atom. The maximum atomic E-state index is 14.2. The largest absolute Gasteiger partial charge is 0.482 e. The minimum Gasteiger partial charge on any atom is -0.482 e. The van der Waals surface area contributed by atoms with Crippen LogP contribution < -0.4 is 10.5 Å². The van der Waals surface area contributed by atoms with Gasteiger partial charge in [-0.25, -0.2) is 9.37 Å². The van der Waals surface area contributed by atoms with Gasteiger partial charge in [0.05, 0.1) is 5.69 Å². The Morgan fingerprint density at radius 1 is 1.19 bits per heavy atom. The quantitative estimate of drug-likeness (QED) is 0.433. The number of hydrogen-bond donors (Lipinski definition) is 1. The number of rotatable bonds is 7. The van der Waals surface area contributed by atoms with E-state index in [0.29, 0.717) is 22.9 Å². The van der Waals surface area contributed by atoms with E-state index in [2.05, 4.69) is 15.2 Å². The van der Waals surface area contributed by atoms with Crippen molar-refractivity contribution in [2.75, 3.05) is 5.73 Å². The fraction of sp³-hybridized carbons (Fsp3) is 0.261. The van der Waals surface area contributed by atoms with Gasteiger partial charge in [-0.05, 0) is 44.2 Å². The van der Waals surface area contributed by atoms with Crippen LogP contribution >= 0.6 is 11.6 Å². The van der Waals surface area contributed by atoms with Crippen molar-refractivity contribution < 1.29 is 9.13 Å². The molecule has 166 valence electrons. The Bertz CT molecular complexity index is 1250. The number of aryl methyl sites for hydroxylation is 2. The van der Waals surface area contributed by atoms with Gasteiger partial charge in [0, 0.05) is 60.9 Å². The van der Waals surface area contributed by atoms with Gasteiger partial charge in [-0.3, -0.25) is 9.36 Å². The van der Waals surface area contributed by atoms with Gasteiger partial charge in [-0.2, -0.15) is 10.2 Å². The minimum absolute atomic E-state index is 0.276. The molecule has 1 aromatic carbocycles. The molecule has 0 bridgehead atoms. The van der Waals surface area contributed by atoms with Crippen LogP contribution in [0.1, 0.15) is 36.6 Å². The summed E-state index contributed by atoms with van der Waals surface area (Å²) in [7, 11) is 1.85. The lowest BCUT2D eigenvalue weighted by molar-refractivity contribution is 0.227. The summed E-state index contributed by atoms with van der Waals surface area (Å²) in [5.41, 5.74) is 9.94. The van der Waals surface area contributed by atoms with Gasteiger partial charge in [0.2, 0.25) is 0 Å². The van der Waals surface area contributed by atoms with E-state index in [1.165, 1.54) is 12.1 Å². The lowest BCUT2D eigenvalue weighted by atomic mass is 9.96. The highest BCUT2D eigenvalue weighted by Crippen LogP contribution is 2.35. The first-order valence-corrected chi connectivity index (χ1v) is 10.6. The average Bonchev–Trinajstić information content (AvgIpc) is 3.31. The molecule has 0 saturated carbocycles. The molecule has 7 nitrogen and oxygen atoms in total. The smallest absolute Gasteiger partial charge is 0.166 e. The van der Waals surface area contributed by atoms with Crippen LogP contribution in [0.3, 0.4) is 0 Å². The summed E-state index contributed by atoms with van der Waals surface area (Å²) in [6.07, 6.45) is 5.51. The molecule has 3 heterocycles. The number of nitrogens with zero attached hydrogens (tertiary/aromatic N) is 5. The van der Waals surface area contributed by atoms with Gasteiger partial charge < -0.3 is 10.5 Å². The van der Waals surface area contributed by atoms with Crippen molar-refractivity contribution in [3.63, 3.8) is 0 Å². The van der Waals surface area contributed by atoms with E-state index in [-0.39, 0.29) is 11.6 Å². The third kappa shape index (κ3) is 4.45. The van der Waals surface area contributed by atoms with Crippen LogP contribution in [0.2, 0.25) is 5.15 Å². The zero-order valence-corrected chi connectivity index (χ0v) is 18.8. The highest BCUT2D eigenvalue weighted by molar-refractivity contribution is 6.30. The van der Waals surface area contributed by atoms with E-state index in [1.54, 1.807) is 33.8 Å². The molecule has 0 radical (unpaired) electrons. The second-order valence-corrected chi connectivity index (χ2v) is 7.89. The first-order valence-electron chi connectivity index (χ1n) is 10.3. The monoisotopic (exact) mass is 454 g/mol. The van der Waals surface area contributed by atoms with Crippen LogP contribution in [0.25, 0.3) is 11.3 Å². The molecule has 1 atom stereocenters. The van der Waals surface area contributed by atoms with Gasteiger partial charge in [-0.1, -0.05) is 11.6 Å². The summed E-state index contributed by atoms with van der Waals surface area (Å²) in [6, 6.07) is 8.08. The van der Waals surface area contributed by atoms with E-state index in [1.807, 2.05) is 33.3 Å². The number of nitrogen functional groups attached to an aromatic ring is 1. The molecule has 0 aliphatic rings. The lowest BCUT2D eigenvalue weighted by Crippen LogP contribution is -2.08. The van der Waals surface area contributed by atoms with Crippen LogP contribution in [0.4, 0.5) is 10.2 Å². The number of anilines is 1. The maximum Gasteiger partial charge on any atom is 0.166 e. The highest BCUT2D eigenvalue weighted by Gasteiger charge is 2.21. The summed E-state index contributed by atoms with van der Waals surface area (Å²) in [4.78, 5) is 4.05. The van der Waals surface area contributed by atoms with E-state index in [4.69, 9.17) is 22.1 Å². The fourth-order valence-electron chi connectivity index (χ4n) is 3.66. The number of nitrogens with two attached hydrogens (primary N) is 1. The normalized spacial score (nSPS) is 12.2. The van der Waals surface area contributed by atoms with Crippen molar-refractivity contribution in [3.8, 4) is 17.0 Å². The summed E-state index contributed by atoms with van der Waals surface area (Å²) in [5.74, 6) is 0.358. The van der Waals surface area contributed by atoms with Gasteiger partial charge >= 0.3 is 0 Å². The second-order valence-electron chi connectivity index (χ2n) is 7.53. The van der Waals surface area contributed by atoms with Crippen molar-refractivity contribution in [2.45, 2.75) is 32.9 Å². The van der Waals surface area contributed by atoms with Crippen molar-refractivity contribution in [1.82, 2.24) is 24.5 Å². The molecular weight excluding hydrogens is 431 g/mol. The van der Waals surface area contributed by atoms with Crippen molar-refractivity contribution >= 4 is 17.4 Å². The van der Waals surface area contributed by atoms with E-state index in [9.17, 15) is 4.39 Å². The SMILES string of the molecule is CCn1cc(Cc2cn(C)nc2-c2ccc(F)cc2[C@@H](C)Oc2cccnc2N)c(Cl)n1. The van der Waals surface area contributed by atoms with Gasteiger partial charge in [0.1, 0.15) is 11.9 Å². The fourth-order valence-corrected chi connectivity index (χ4v) is 3.87. The third-order valence-corrected chi connectivity index (χ3v) is 5.52. The standard InChI is InChI=1S/C23H24ClFN6O/c1-4-31-13-16(22(24)29-31)10-15-12-30(3)28-21(15)18-8-7-17(25)11-19(18)14(2)32-20-6-5-9-27-23(20)26/h5-9,11-14H,4,10H2,1-3H3,(H2,26,27)/t14-/m1/s1. The molecule has 0 aliphatic carbocycles. The van der Waals surface area contributed by atoms with Crippen LogP contribution in [0.5, 0.6) is 5.75 Å². The van der Waals surface area contributed by atoms with Crippen LogP contribution in [0, 0.1) is 5.82 Å². The maximum absolute atomic E-state index is 14.2. The Kier molecular flexibility index (Phi) is 6.14. The van der Waals surface area contributed by atoms with Gasteiger partial charge in [0.25, 0.3) is 0 Å². The Hall–Kier alpha value is -3.39. The average molecular weight is 455 g/mol. The van der Waals surface area contributed by atoms with Crippen LogP contribution in [0.15, 0.2) is 48.9 Å². The number of ether oxygens (including phenoxy) is 1. The molecule has 0 fully saturated rings. The molecule has 3 aromatic heterocycles. The molecule has 4 rings (SSSR count). The van der Waals surface area contributed by atoms with Crippen LogP contribution in [-0.4, -0.2) is 24.5 Å². The molecule has 0 unspecified atom stereocenters. The predicted octanol–water partition coefficient (Wildman–Crippen LogP) is 4.80. The first kappa shape index (κ1) is 21.8. The summed E-state index contributed by atoms with van der Waals surface area (Å²) >= 11 is 6.34. The van der Waals surface area contributed by atoms with Gasteiger partial charge in [-0.15, -0.1) is 0 Å². The second kappa shape index (κ2) is 9.00. The number of benzene rings is 1. The molecular formula is C23H24ClFN6O. The molecule has 4 aromatic rings. The molecule has 0 spiro atoms. The zero-order valence-electron chi connectivity index (χ0n) is 18.1. The minimum atomic E-state index is -0.492. The van der Waals surface area contributed by atoms with E-state index in [0.717, 1.165) is 28.9 Å². The zero-order chi connectivity index (χ0) is 22.8. The summed E-state index contributed by atoms with van der Waals surface area (Å²) in [6.45, 7) is 4.58. The lowest BCUT2D eigenvalue weighted by Gasteiger charge is -2.19. The molecule has 0 amide bonds. The van der Waals surface area contributed by atoms with E-state index < -0.39 is 6.10 Å². The topological polar surface area (TPSA) is 83.8 Å². The van der Waals surface area contributed by atoms with Crippen molar-refractivity contribution in [2.24, 2.45) is 7.05 Å². The van der Waals surface area contributed by atoms with Crippen molar-refractivity contribution in [3.05, 3.63) is 76.6 Å². The van der Waals surface area contributed by atoms with Crippen LogP contribution in [-0.2, 0) is 20.0 Å². The van der Waals surface area contributed by atoms with Gasteiger partial charge in [0.15, 0.2) is 16.7 Å². The summed E-state index contributed by atoms with van der Waals surface area (Å²) in [5, 5.41) is 9.44. The third-order valence-electron chi connectivity index (χ3n) is 5.21. The molecule has 2 N–H and O–H groups in total. The Labute approximate surface area is 190 Å². The number of pyridine rings is 1. The molecule has 0 aliphatic heterocycles. The Balaban J connectivity index is 1.73. The number of aromatic nitrogens is 5. The highest BCUT2D eigenvalue weighted by atomic mass is 35.5. The summed E-state index contributed by atoms with van der Waals surface area (Å²) < 4.78 is 23.8. The van der Waals surface area contributed by atoms with Crippen molar-refractivity contribution in [1.29, 1.82) is 0 Å². The number of halogens is 2. The molecule has 9 heteroatoms. The number of hydrogen-bond acceptors (Lipinski definition) is 5. The van der Waals surface area contributed by atoms with E-state index >= 15 is 0 Å². The molecule has 32 heavy (non-hydrogen) atoms. The predicted molar refractivity (Wildman–Crippen MR) is 122 cm³/mol. The Morgan fingerprint density at radius 3 is 2.72 bits per heavy atom. The molecule has 0 saturated heterocycles.